The quantitative estimate of drug-likeness (QED) is 0.413. The topological polar surface area (TPSA) is 88.6 Å². The number of unbranched alkanes of at least 4 members (excludes halogenated alkanes) is 1. The Morgan fingerprint density at radius 3 is 2.85 bits per heavy atom. The number of hydrogen-bond acceptors (Lipinski definition) is 4. The van der Waals surface area contributed by atoms with E-state index in [4.69, 9.17) is 0 Å². The lowest BCUT2D eigenvalue weighted by Crippen LogP contribution is -2.62. The Morgan fingerprint density at radius 2 is 2.00 bits per heavy atom. The number of nitrogens with one attached hydrogen (secondary N) is 2. The Morgan fingerprint density at radius 1 is 1.12 bits per heavy atom. The van der Waals surface area contributed by atoms with Crippen LogP contribution in [0.15, 0.2) is 54.6 Å². The summed E-state index contributed by atoms with van der Waals surface area (Å²) in [5, 5.41) is 25.4. The Bertz CT molecular complexity index is 1090. The third-order valence-electron chi connectivity index (χ3n) is 7.72. The summed E-state index contributed by atoms with van der Waals surface area (Å²) in [5.41, 5.74) is 2.39. The number of benzene rings is 2. The van der Waals surface area contributed by atoms with Crippen molar-refractivity contribution in [2.45, 2.75) is 56.1 Å². The van der Waals surface area contributed by atoms with Crippen LogP contribution in [0.5, 0.6) is 5.75 Å². The third-order valence-corrected chi connectivity index (χ3v) is 7.72. The van der Waals surface area contributed by atoms with Crippen molar-refractivity contribution in [3.05, 3.63) is 65.9 Å². The van der Waals surface area contributed by atoms with Gasteiger partial charge in [-0.3, -0.25) is 9.69 Å². The van der Waals surface area contributed by atoms with E-state index in [1.807, 2.05) is 42.5 Å². The molecular formula is C27H33N3O3. The maximum atomic E-state index is 12.5. The number of carbonyl (C=O) groups is 1. The summed E-state index contributed by atoms with van der Waals surface area (Å²) < 4.78 is 0. The number of H-pyrrole nitrogens is 1. The molecule has 2 bridgehead atoms. The molecule has 0 unspecified atom stereocenters. The zero-order valence-electron chi connectivity index (χ0n) is 19.0. The molecule has 6 heteroatoms. The molecule has 4 N–H and O–H groups in total. The van der Waals surface area contributed by atoms with Crippen molar-refractivity contribution in [2.75, 3.05) is 19.6 Å². The van der Waals surface area contributed by atoms with E-state index in [1.165, 1.54) is 0 Å². The predicted octanol–water partition coefficient (Wildman–Crippen LogP) is 3.94. The van der Waals surface area contributed by atoms with Crippen LogP contribution in [-0.4, -0.2) is 57.8 Å². The summed E-state index contributed by atoms with van der Waals surface area (Å²) in [4.78, 5) is 18.1. The first-order valence-corrected chi connectivity index (χ1v) is 12.1. The fourth-order valence-corrected chi connectivity index (χ4v) is 5.95. The molecule has 0 spiro atoms. The summed E-state index contributed by atoms with van der Waals surface area (Å²) in [5.74, 6) is 0.205. The number of aromatic amines is 1. The number of aromatic hydroxyl groups is 1. The number of fused-ring (bicyclic) bond motifs is 3. The highest BCUT2D eigenvalue weighted by Crippen LogP contribution is 2.47. The van der Waals surface area contributed by atoms with Crippen LogP contribution in [0.3, 0.4) is 0 Å². The number of rotatable bonds is 7. The van der Waals surface area contributed by atoms with E-state index < -0.39 is 6.10 Å². The molecule has 3 atom stereocenters. The second kappa shape index (κ2) is 9.20. The number of amides is 1. The monoisotopic (exact) mass is 447 g/mol. The van der Waals surface area contributed by atoms with Gasteiger partial charge in [-0.15, -0.1) is 0 Å². The summed E-state index contributed by atoms with van der Waals surface area (Å²) in [6.45, 7) is 2.53. The number of aliphatic hydroxyl groups excluding tert-OH is 1. The highest BCUT2D eigenvalue weighted by molar-refractivity contribution is 5.97. The van der Waals surface area contributed by atoms with Gasteiger partial charge < -0.3 is 20.5 Å². The molecule has 1 amide bonds. The van der Waals surface area contributed by atoms with Gasteiger partial charge in [0.2, 0.25) is 0 Å². The van der Waals surface area contributed by atoms with E-state index in [0.29, 0.717) is 12.2 Å². The van der Waals surface area contributed by atoms with Crippen molar-refractivity contribution < 1.29 is 15.0 Å². The van der Waals surface area contributed by atoms with Gasteiger partial charge in [-0.2, -0.15) is 0 Å². The average molecular weight is 448 g/mol. The number of nitrogens with zero attached hydrogens (tertiary/aromatic N) is 1. The SMILES string of the molecule is O=C(NCCCCN1CC[C@]2(c3cccc(O)c3)CCC[C@H]1[C@@H]2O)c1cc2ccccc2[nH]1. The number of aliphatic hydroxyl groups is 1. The van der Waals surface area contributed by atoms with Gasteiger partial charge in [-0.25, -0.2) is 0 Å². The first-order valence-electron chi connectivity index (χ1n) is 12.1. The summed E-state index contributed by atoms with van der Waals surface area (Å²) in [7, 11) is 0. The lowest BCUT2D eigenvalue weighted by Gasteiger charge is -2.54. The van der Waals surface area contributed by atoms with Crippen molar-refractivity contribution in [1.82, 2.24) is 15.2 Å². The molecule has 1 saturated carbocycles. The first-order chi connectivity index (χ1) is 16.1. The van der Waals surface area contributed by atoms with E-state index in [9.17, 15) is 15.0 Å². The number of likely N-dealkylation sites (tertiary alicyclic amines) is 1. The normalized spacial score (nSPS) is 25.2. The van der Waals surface area contributed by atoms with Gasteiger partial charge in [-0.1, -0.05) is 36.8 Å². The van der Waals surface area contributed by atoms with E-state index >= 15 is 0 Å². The van der Waals surface area contributed by atoms with Crippen LogP contribution < -0.4 is 5.32 Å². The molecule has 0 radical (unpaired) electrons. The molecular weight excluding hydrogens is 414 g/mol. The Kier molecular flexibility index (Phi) is 6.13. The van der Waals surface area contributed by atoms with Crippen LogP contribution in [0.2, 0.25) is 0 Å². The lowest BCUT2D eigenvalue weighted by molar-refractivity contribution is -0.0768. The van der Waals surface area contributed by atoms with E-state index in [1.54, 1.807) is 6.07 Å². The van der Waals surface area contributed by atoms with Gasteiger partial charge >= 0.3 is 0 Å². The van der Waals surface area contributed by atoms with Crippen molar-refractivity contribution in [2.24, 2.45) is 0 Å². The highest BCUT2D eigenvalue weighted by atomic mass is 16.3. The molecule has 2 aromatic carbocycles. The smallest absolute Gasteiger partial charge is 0.267 e. The van der Waals surface area contributed by atoms with Crippen LogP contribution in [0.25, 0.3) is 10.9 Å². The van der Waals surface area contributed by atoms with Gasteiger partial charge in [-0.05, 0) is 75.0 Å². The predicted molar refractivity (Wildman–Crippen MR) is 129 cm³/mol. The molecule has 1 aliphatic carbocycles. The molecule has 174 valence electrons. The minimum Gasteiger partial charge on any atom is -0.508 e. The number of piperidine rings is 1. The Balaban J connectivity index is 1.12. The van der Waals surface area contributed by atoms with Gasteiger partial charge in [0.25, 0.3) is 5.91 Å². The van der Waals surface area contributed by atoms with E-state index in [2.05, 4.69) is 21.3 Å². The molecule has 2 fully saturated rings. The molecule has 5 rings (SSSR count). The molecule has 6 nitrogen and oxygen atoms in total. The van der Waals surface area contributed by atoms with Crippen molar-refractivity contribution >= 4 is 16.8 Å². The maximum Gasteiger partial charge on any atom is 0.267 e. The maximum absolute atomic E-state index is 12.5. The number of phenolic OH excluding ortho intramolecular Hbond substituents is 1. The molecule has 2 aliphatic rings. The molecule has 1 aliphatic heterocycles. The number of para-hydroxylation sites is 1. The van der Waals surface area contributed by atoms with Gasteiger partial charge in [0.1, 0.15) is 11.4 Å². The van der Waals surface area contributed by atoms with Crippen LogP contribution in [-0.2, 0) is 5.41 Å². The minimum atomic E-state index is -0.413. The van der Waals surface area contributed by atoms with Gasteiger partial charge in [0.05, 0.1) is 6.10 Å². The number of aromatic nitrogens is 1. The second-order valence-electron chi connectivity index (χ2n) is 9.63. The number of phenols is 1. The first kappa shape index (κ1) is 22.0. The minimum absolute atomic E-state index is 0.0669. The summed E-state index contributed by atoms with van der Waals surface area (Å²) in [6.07, 6.45) is 5.46. The molecule has 1 aromatic heterocycles. The van der Waals surface area contributed by atoms with Crippen LogP contribution in [0, 0.1) is 0 Å². The summed E-state index contributed by atoms with van der Waals surface area (Å²) >= 11 is 0. The molecule has 2 heterocycles. The number of carbonyl (C=O) groups excluding carboxylic acids is 1. The largest absolute Gasteiger partial charge is 0.508 e. The second-order valence-corrected chi connectivity index (χ2v) is 9.63. The standard InChI is InChI=1S/C27H33N3O3/c31-21-9-5-8-20(18-21)27-12-6-11-24(25(27)32)30(16-13-27)15-4-3-14-28-26(33)23-17-19-7-1-2-10-22(19)29-23/h1-2,5,7-10,17-18,24-25,29,31-32H,3-4,6,11-16H2,(H,28,33)/t24-,25-,27-/m0/s1. The molecule has 1 saturated heterocycles. The van der Waals surface area contributed by atoms with Crippen molar-refractivity contribution in [1.29, 1.82) is 0 Å². The van der Waals surface area contributed by atoms with Gasteiger partial charge in [0.15, 0.2) is 0 Å². The third kappa shape index (κ3) is 4.25. The van der Waals surface area contributed by atoms with E-state index in [-0.39, 0.29) is 23.1 Å². The molecule has 33 heavy (non-hydrogen) atoms. The Labute approximate surface area is 194 Å². The van der Waals surface area contributed by atoms with Crippen LogP contribution >= 0.6 is 0 Å². The fourth-order valence-electron chi connectivity index (χ4n) is 5.95. The van der Waals surface area contributed by atoms with Crippen molar-refractivity contribution in [3.8, 4) is 5.75 Å². The van der Waals surface area contributed by atoms with E-state index in [0.717, 1.165) is 68.1 Å². The zero-order chi connectivity index (χ0) is 22.8. The van der Waals surface area contributed by atoms with Gasteiger partial charge in [0, 0.05) is 28.9 Å². The highest BCUT2D eigenvalue weighted by Gasteiger charge is 2.50. The average Bonchev–Trinajstić information content (AvgIpc) is 3.25. The van der Waals surface area contributed by atoms with Crippen LogP contribution in [0.1, 0.15) is 54.6 Å². The molecule has 3 aromatic rings. The van der Waals surface area contributed by atoms with Crippen LogP contribution in [0.4, 0.5) is 0 Å². The number of hydrogen-bond donors (Lipinski definition) is 4. The Hall–Kier alpha value is -2.83. The van der Waals surface area contributed by atoms with Crippen molar-refractivity contribution in [3.63, 3.8) is 0 Å². The zero-order valence-corrected chi connectivity index (χ0v) is 19.0. The summed E-state index contributed by atoms with van der Waals surface area (Å²) in [6, 6.07) is 17.4. The fraction of sp³-hybridized carbons (Fsp3) is 0.444. The lowest BCUT2D eigenvalue weighted by atomic mass is 9.61.